The van der Waals surface area contributed by atoms with Crippen LogP contribution in [0, 0.1) is 5.82 Å². The molecule has 0 aliphatic heterocycles. The number of nitrogens with zero attached hydrogens (tertiary/aromatic N) is 2. The van der Waals surface area contributed by atoms with E-state index in [1.807, 2.05) is 0 Å². The molecule has 3 rings (SSSR count). The molecule has 1 fully saturated rings. The van der Waals surface area contributed by atoms with Crippen molar-refractivity contribution in [2.45, 2.75) is 43.6 Å². The Morgan fingerprint density at radius 2 is 1.93 bits per heavy atom. The van der Waals surface area contributed by atoms with Crippen LogP contribution in [0.15, 0.2) is 36.7 Å². The summed E-state index contributed by atoms with van der Waals surface area (Å²) >= 11 is 0. The second-order valence-corrected chi connectivity index (χ2v) is 8.25. The normalized spacial score (nSPS) is 20.2. The van der Waals surface area contributed by atoms with Crippen molar-refractivity contribution in [1.82, 2.24) is 14.7 Å². The van der Waals surface area contributed by atoms with E-state index in [1.165, 1.54) is 37.7 Å². The van der Waals surface area contributed by atoms with Crippen LogP contribution in [0.4, 0.5) is 4.39 Å². The average Bonchev–Trinajstić information content (AvgIpc) is 2.63. The molecule has 1 aliphatic rings. The maximum atomic E-state index is 13.2. The quantitative estimate of drug-likeness (QED) is 0.774. The zero-order valence-electron chi connectivity index (χ0n) is 15.0. The highest BCUT2D eigenvalue weighted by atomic mass is 32.2. The molecule has 146 valence electrons. The maximum absolute atomic E-state index is 13.2. The summed E-state index contributed by atoms with van der Waals surface area (Å²) in [7, 11) is -2.02. The van der Waals surface area contributed by atoms with Gasteiger partial charge in [-0.25, -0.2) is 17.5 Å². The number of halogens is 1. The van der Waals surface area contributed by atoms with Gasteiger partial charge >= 0.3 is 0 Å². The number of nitrogens with one attached hydrogen (secondary N) is 1. The van der Waals surface area contributed by atoms with E-state index in [0.717, 1.165) is 0 Å². The Bertz CT molecular complexity index is 870. The molecule has 0 amide bonds. The molecule has 0 radical (unpaired) electrons. The second-order valence-electron chi connectivity index (χ2n) is 6.50. The standard InChI is InChI=1S/C18H22FN3O4S/c1-25-17-10-20-11-18(21-17)26-16-7-5-15(6-8-16)22-27(23,24)12-13-3-2-4-14(19)9-13/h2-4,9-11,15-16,22H,5-8,12H2,1H3. The lowest BCUT2D eigenvalue weighted by atomic mass is 9.94. The lowest BCUT2D eigenvalue weighted by molar-refractivity contribution is 0.136. The van der Waals surface area contributed by atoms with E-state index in [-0.39, 0.29) is 17.9 Å². The van der Waals surface area contributed by atoms with E-state index in [4.69, 9.17) is 9.47 Å². The largest absolute Gasteiger partial charge is 0.480 e. The molecule has 1 aromatic carbocycles. The Balaban J connectivity index is 1.50. The number of aromatic nitrogens is 2. The Morgan fingerprint density at radius 3 is 2.63 bits per heavy atom. The summed E-state index contributed by atoms with van der Waals surface area (Å²) in [5.74, 6) is 0.0948. The van der Waals surface area contributed by atoms with Gasteiger partial charge in [0.15, 0.2) is 0 Å². The van der Waals surface area contributed by atoms with Gasteiger partial charge in [0.1, 0.15) is 11.9 Å². The molecule has 1 aromatic heterocycles. The molecule has 9 heteroatoms. The lowest BCUT2D eigenvalue weighted by Crippen LogP contribution is -2.40. The molecule has 1 N–H and O–H groups in total. The minimum Gasteiger partial charge on any atom is -0.480 e. The van der Waals surface area contributed by atoms with Gasteiger partial charge in [0.05, 0.1) is 25.3 Å². The van der Waals surface area contributed by atoms with E-state index >= 15 is 0 Å². The molecule has 1 aliphatic carbocycles. The minimum atomic E-state index is -3.53. The van der Waals surface area contributed by atoms with Gasteiger partial charge in [-0.05, 0) is 43.4 Å². The summed E-state index contributed by atoms with van der Waals surface area (Å²) in [6, 6.07) is 5.48. The van der Waals surface area contributed by atoms with E-state index in [0.29, 0.717) is 43.0 Å². The summed E-state index contributed by atoms with van der Waals surface area (Å²) in [5.41, 5.74) is 0.427. The van der Waals surface area contributed by atoms with Gasteiger partial charge in [0.25, 0.3) is 0 Å². The highest BCUT2D eigenvalue weighted by Gasteiger charge is 2.26. The Hall–Kier alpha value is -2.26. The molecule has 7 nitrogen and oxygen atoms in total. The van der Waals surface area contributed by atoms with Gasteiger partial charge in [0.2, 0.25) is 21.8 Å². The fourth-order valence-electron chi connectivity index (χ4n) is 3.10. The third-order valence-electron chi connectivity index (χ3n) is 4.35. The van der Waals surface area contributed by atoms with E-state index in [1.54, 1.807) is 6.07 Å². The highest BCUT2D eigenvalue weighted by molar-refractivity contribution is 7.88. The van der Waals surface area contributed by atoms with Gasteiger partial charge in [0, 0.05) is 6.04 Å². The van der Waals surface area contributed by atoms with E-state index in [2.05, 4.69) is 14.7 Å². The van der Waals surface area contributed by atoms with Crippen molar-refractivity contribution in [2.75, 3.05) is 7.11 Å². The molecular weight excluding hydrogens is 373 g/mol. The van der Waals surface area contributed by atoms with Crippen molar-refractivity contribution >= 4 is 10.0 Å². The van der Waals surface area contributed by atoms with Gasteiger partial charge in [-0.1, -0.05) is 12.1 Å². The van der Waals surface area contributed by atoms with Crippen LogP contribution in [-0.2, 0) is 15.8 Å². The topological polar surface area (TPSA) is 90.4 Å². The van der Waals surface area contributed by atoms with Crippen molar-refractivity contribution in [2.24, 2.45) is 0 Å². The molecule has 0 atom stereocenters. The zero-order chi connectivity index (χ0) is 19.3. The van der Waals surface area contributed by atoms with E-state index < -0.39 is 15.8 Å². The number of sulfonamides is 1. The first kappa shape index (κ1) is 19.5. The first-order valence-corrected chi connectivity index (χ1v) is 10.4. The second kappa shape index (κ2) is 8.62. The number of hydrogen-bond donors (Lipinski definition) is 1. The van der Waals surface area contributed by atoms with Crippen molar-refractivity contribution in [1.29, 1.82) is 0 Å². The van der Waals surface area contributed by atoms with Crippen LogP contribution in [0.25, 0.3) is 0 Å². The first-order valence-electron chi connectivity index (χ1n) is 8.70. The van der Waals surface area contributed by atoms with Crippen LogP contribution in [-0.4, -0.2) is 37.6 Å². The lowest BCUT2D eigenvalue weighted by Gasteiger charge is -2.29. The molecule has 0 bridgehead atoms. The van der Waals surface area contributed by atoms with E-state index in [9.17, 15) is 12.8 Å². The fourth-order valence-corrected chi connectivity index (χ4v) is 4.54. The van der Waals surface area contributed by atoms with Gasteiger partial charge in [-0.15, -0.1) is 0 Å². The van der Waals surface area contributed by atoms with Crippen LogP contribution in [0.2, 0.25) is 0 Å². The third kappa shape index (κ3) is 5.86. The third-order valence-corrected chi connectivity index (χ3v) is 5.76. The number of hydrogen-bond acceptors (Lipinski definition) is 6. The molecule has 27 heavy (non-hydrogen) atoms. The van der Waals surface area contributed by atoms with Crippen LogP contribution in [0.5, 0.6) is 11.8 Å². The first-order chi connectivity index (χ1) is 12.9. The number of ether oxygens (including phenoxy) is 2. The van der Waals surface area contributed by atoms with Crippen LogP contribution in [0.1, 0.15) is 31.2 Å². The number of benzene rings is 1. The van der Waals surface area contributed by atoms with Crippen molar-refractivity contribution in [3.8, 4) is 11.8 Å². The fraction of sp³-hybridized carbons (Fsp3) is 0.444. The number of rotatable bonds is 7. The maximum Gasteiger partial charge on any atom is 0.235 e. The van der Waals surface area contributed by atoms with Crippen LogP contribution >= 0.6 is 0 Å². The molecular formula is C18H22FN3O4S. The van der Waals surface area contributed by atoms with Crippen molar-refractivity contribution in [3.63, 3.8) is 0 Å². The van der Waals surface area contributed by atoms with Crippen LogP contribution < -0.4 is 14.2 Å². The smallest absolute Gasteiger partial charge is 0.235 e. The molecule has 0 saturated heterocycles. The summed E-state index contributed by atoms with van der Waals surface area (Å²) in [4.78, 5) is 8.17. The molecule has 0 spiro atoms. The molecule has 1 saturated carbocycles. The zero-order valence-corrected chi connectivity index (χ0v) is 15.8. The minimum absolute atomic E-state index is 0.0459. The summed E-state index contributed by atoms with van der Waals surface area (Å²) in [6.45, 7) is 0. The predicted molar refractivity (Wildman–Crippen MR) is 97.4 cm³/mol. The Kier molecular flexibility index (Phi) is 6.22. The SMILES string of the molecule is COc1cncc(OC2CCC(NS(=O)(=O)Cc3cccc(F)c3)CC2)n1. The number of methoxy groups -OCH3 is 1. The molecule has 0 unspecified atom stereocenters. The van der Waals surface area contributed by atoms with Gasteiger partial charge in [-0.2, -0.15) is 4.98 Å². The summed E-state index contributed by atoms with van der Waals surface area (Å²) in [5, 5.41) is 0. The molecule has 2 aromatic rings. The Labute approximate surface area is 158 Å². The van der Waals surface area contributed by atoms with Gasteiger partial charge in [-0.3, -0.25) is 4.98 Å². The van der Waals surface area contributed by atoms with Crippen LogP contribution in [0.3, 0.4) is 0 Å². The Morgan fingerprint density at radius 1 is 1.19 bits per heavy atom. The molecule has 1 heterocycles. The van der Waals surface area contributed by atoms with Gasteiger partial charge < -0.3 is 9.47 Å². The summed E-state index contributed by atoms with van der Waals surface area (Å²) in [6.07, 6.45) is 5.69. The summed E-state index contributed by atoms with van der Waals surface area (Å²) < 4.78 is 51.4. The highest BCUT2D eigenvalue weighted by Crippen LogP contribution is 2.24. The predicted octanol–water partition coefficient (Wildman–Crippen LogP) is 2.43. The average molecular weight is 395 g/mol. The van der Waals surface area contributed by atoms with Crippen molar-refractivity contribution < 1.29 is 22.3 Å². The monoisotopic (exact) mass is 395 g/mol. The van der Waals surface area contributed by atoms with Crippen molar-refractivity contribution in [3.05, 3.63) is 48.0 Å².